The molecule has 8 heteroatoms. The van der Waals surface area contributed by atoms with E-state index in [1.807, 2.05) is 0 Å². The van der Waals surface area contributed by atoms with Crippen LogP contribution in [0.15, 0.2) is 12.4 Å². The van der Waals surface area contributed by atoms with Gasteiger partial charge in [-0.05, 0) is 25.3 Å². The first-order chi connectivity index (χ1) is 9.01. The van der Waals surface area contributed by atoms with Gasteiger partial charge in [0.1, 0.15) is 0 Å². The molecule has 3 N–H and O–H groups in total. The lowest BCUT2D eigenvalue weighted by atomic mass is 10.0. The van der Waals surface area contributed by atoms with Crippen LogP contribution in [0.25, 0.3) is 0 Å². The van der Waals surface area contributed by atoms with Crippen molar-refractivity contribution < 1.29 is 8.42 Å². The van der Waals surface area contributed by atoms with Gasteiger partial charge in [-0.15, -0.1) is 0 Å². The average molecular weight is 287 g/mol. The maximum atomic E-state index is 12.2. The van der Waals surface area contributed by atoms with Gasteiger partial charge in [-0.2, -0.15) is 22.5 Å². The number of hydrogen-bond acceptors (Lipinski definition) is 4. The first kappa shape index (κ1) is 14.4. The molecule has 0 amide bonds. The molecule has 0 aromatic carbocycles. The van der Waals surface area contributed by atoms with Gasteiger partial charge >= 0.3 is 0 Å². The van der Waals surface area contributed by atoms with Gasteiger partial charge in [-0.3, -0.25) is 4.68 Å². The summed E-state index contributed by atoms with van der Waals surface area (Å²) in [5.41, 5.74) is 6.47. The predicted molar refractivity (Wildman–Crippen MR) is 72.3 cm³/mol. The Bertz CT molecular complexity index is 513. The van der Waals surface area contributed by atoms with Crippen molar-refractivity contribution in [3.05, 3.63) is 18.0 Å². The van der Waals surface area contributed by atoms with E-state index < -0.39 is 10.2 Å². The first-order valence-corrected chi connectivity index (χ1v) is 7.87. The molecule has 2 rings (SSSR count). The Labute approximate surface area is 113 Å². The monoisotopic (exact) mass is 287 g/mol. The molecule has 1 unspecified atom stereocenters. The van der Waals surface area contributed by atoms with Crippen molar-refractivity contribution in [3.8, 4) is 0 Å². The van der Waals surface area contributed by atoms with Crippen LogP contribution in [0.2, 0.25) is 0 Å². The van der Waals surface area contributed by atoms with Gasteiger partial charge in [0.25, 0.3) is 10.2 Å². The molecule has 1 atom stereocenters. The average Bonchev–Trinajstić information content (AvgIpc) is 2.82. The van der Waals surface area contributed by atoms with E-state index >= 15 is 0 Å². The molecule has 2 heterocycles. The number of nitrogens with two attached hydrogens (primary N) is 1. The molecular weight excluding hydrogens is 266 g/mol. The second-order valence-corrected chi connectivity index (χ2v) is 6.71. The molecule has 1 fully saturated rings. The Morgan fingerprint density at radius 2 is 2.37 bits per heavy atom. The van der Waals surface area contributed by atoms with Crippen LogP contribution in [0, 0.1) is 5.92 Å². The van der Waals surface area contributed by atoms with Crippen LogP contribution in [0.5, 0.6) is 0 Å². The zero-order valence-corrected chi connectivity index (χ0v) is 11.9. The second-order valence-electron chi connectivity index (χ2n) is 4.95. The quantitative estimate of drug-likeness (QED) is 0.758. The van der Waals surface area contributed by atoms with E-state index in [2.05, 4.69) is 9.82 Å². The fourth-order valence-corrected chi connectivity index (χ4v) is 3.57. The SMILES string of the molecule is Cn1cc(CNS(=O)(=O)N2CCCC(CN)C2)cn1. The summed E-state index contributed by atoms with van der Waals surface area (Å²) in [6.45, 7) is 1.88. The van der Waals surface area contributed by atoms with Crippen LogP contribution in [0.3, 0.4) is 0 Å². The van der Waals surface area contributed by atoms with Crippen molar-refractivity contribution in [2.24, 2.45) is 18.7 Å². The van der Waals surface area contributed by atoms with Crippen molar-refractivity contribution in [2.75, 3.05) is 19.6 Å². The molecule has 19 heavy (non-hydrogen) atoms. The second kappa shape index (κ2) is 6.00. The summed E-state index contributed by atoms with van der Waals surface area (Å²) in [4.78, 5) is 0. The number of piperidine rings is 1. The van der Waals surface area contributed by atoms with Crippen LogP contribution in [0.4, 0.5) is 0 Å². The van der Waals surface area contributed by atoms with E-state index in [1.165, 1.54) is 4.31 Å². The van der Waals surface area contributed by atoms with Gasteiger partial charge in [0.2, 0.25) is 0 Å². The predicted octanol–water partition coefficient (Wildman–Crippen LogP) is -0.575. The minimum atomic E-state index is -3.42. The Morgan fingerprint density at radius 1 is 1.58 bits per heavy atom. The Hall–Kier alpha value is -0.960. The van der Waals surface area contributed by atoms with Crippen molar-refractivity contribution in [2.45, 2.75) is 19.4 Å². The minimum Gasteiger partial charge on any atom is -0.330 e. The fraction of sp³-hybridized carbons (Fsp3) is 0.727. The third kappa shape index (κ3) is 3.75. The summed E-state index contributed by atoms with van der Waals surface area (Å²) in [6.07, 6.45) is 5.32. The smallest absolute Gasteiger partial charge is 0.279 e. The number of aryl methyl sites for hydroxylation is 1. The minimum absolute atomic E-state index is 0.264. The largest absolute Gasteiger partial charge is 0.330 e. The molecule has 0 bridgehead atoms. The molecule has 1 aliphatic heterocycles. The van der Waals surface area contributed by atoms with Crippen molar-refractivity contribution in [1.82, 2.24) is 18.8 Å². The summed E-state index contributed by atoms with van der Waals surface area (Å²) >= 11 is 0. The van der Waals surface area contributed by atoms with E-state index in [0.717, 1.165) is 18.4 Å². The van der Waals surface area contributed by atoms with Gasteiger partial charge in [0.15, 0.2) is 0 Å². The summed E-state index contributed by atoms with van der Waals surface area (Å²) < 4.78 is 30.1. The Balaban J connectivity index is 1.94. The van der Waals surface area contributed by atoms with Crippen LogP contribution >= 0.6 is 0 Å². The molecule has 0 spiro atoms. The van der Waals surface area contributed by atoms with E-state index in [9.17, 15) is 8.42 Å². The first-order valence-electron chi connectivity index (χ1n) is 6.43. The molecule has 1 aromatic heterocycles. The molecule has 108 valence electrons. The maximum absolute atomic E-state index is 12.2. The molecule has 1 aromatic rings. The Morgan fingerprint density at radius 3 is 3.00 bits per heavy atom. The molecule has 1 aliphatic rings. The van der Waals surface area contributed by atoms with Gasteiger partial charge in [-0.25, -0.2) is 0 Å². The maximum Gasteiger partial charge on any atom is 0.279 e. The van der Waals surface area contributed by atoms with Crippen LogP contribution in [0.1, 0.15) is 18.4 Å². The highest BCUT2D eigenvalue weighted by Gasteiger charge is 2.27. The topological polar surface area (TPSA) is 93.2 Å². The number of aromatic nitrogens is 2. The number of rotatable bonds is 5. The normalized spacial score (nSPS) is 21.7. The lowest BCUT2D eigenvalue weighted by molar-refractivity contribution is 0.268. The molecular formula is C11H21N5O2S. The van der Waals surface area contributed by atoms with Crippen LogP contribution < -0.4 is 10.5 Å². The van der Waals surface area contributed by atoms with Crippen LogP contribution in [-0.2, 0) is 23.8 Å². The lowest BCUT2D eigenvalue weighted by Crippen LogP contribution is -2.47. The molecule has 0 saturated carbocycles. The zero-order valence-electron chi connectivity index (χ0n) is 11.1. The van der Waals surface area contributed by atoms with E-state index in [4.69, 9.17) is 5.73 Å². The van der Waals surface area contributed by atoms with E-state index in [-0.39, 0.29) is 12.5 Å². The van der Waals surface area contributed by atoms with Gasteiger partial charge in [-0.1, -0.05) is 0 Å². The van der Waals surface area contributed by atoms with Crippen molar-refractivity contribution in [3.63, 3.8) is 0 Å². The summed E-state index contributed by atoms with van der Waals surface area (Å²) in [7, 11) is -1.62. The summed E-state index contributed by atoms with van der Waals surface area (Å²) in [5.74, 6) is 0.267. The zero-order chi connectivity index (χ0) is 13.9. The lowest BCUT2D eigenvalue weighted by Gasteiger charge is -2.31. The van der Waals surface area contributed by atoms with E-state index in [1.54, 1.807) is 24.1 Å². The third-order valence-electron chi connectivity index (χ3n) is 3.37. The summed E-state index contributed by atoms with van der Waals surface area (Å²) in [6, 6.07) is 0. The highest BCUT2D eigenvalue weighted by atomic mass is 32.2. The van der Waals surface area contributed by atoms with Crippen LogP contribution in [-0.4, -0.2) is 42.1 Å². The molecule has 0 aliphatic carbocycles. The Kier molecular flexibility index (Phi) is 4.56. The number of hydrogen-bond donors (Lipinski definition) is 2. The van der Waals surface area contributed by atoms with Gasteiger partial charge in [0.05, 0.1) is 6.20 Å². The van der Waals surface area contributed by atoms with Gasteiger partial charge in [0, 0.05) is 38.4 Å². The molecule has 0 radical (unpaired) electrons. The summed E-state index contributed by atoms with van der Waals surface area (Å²) in [5, 5.41) is 4.01. The fourth-order valence-electron chi connectivity index (χ4n) is 2.27. The van der Waals surface area contributed by atoms with Gasteiger partial charge < -0.3 is 5.73 Å². The third-order valence-corrected chi connectivity index (χ3v) is 4.89. The molecule has 7 nitrogen and oxygen atoms in total. The van der Waals surface area contributed by atoms with Crippen molar-refractivity contribution in [1.29, 1.82) is 0 Å². The highest BCUT2D eigenvalue weighted by molar-refractivity contribution is 7.87. The highest BCUT2D eigenvalue weighted by Crippen LogP contribution is 2.17. The number of nitrogens with zero attached hydrogens (tertiary/aromatic N) is 3. The number of nitrogens with one attached hydrogen (secondary N) is 1. The van der Waals surface area contributed by atoms with E-state index in [0.29, 0.717) is 19.6 Å². The standard InChI is InChI=1S/C11H21N5O2S/c1-15-8-11(6-13-15)7-14-19(17,18)16-4-2-3-10(5-12)9-16/h6,8,10,14H,2-5,7,9,12H2,1H3. The molecule has 1 saturated heterocycles. The van der Waals surface area contributed by atoms with Crippen molar-refractivity contribution >= 4 is 10.2 Å².